The maximum Gasteiger partial charge on any atom is 0.326 e. The molecular formula is C11H20N2O4. The van der Waals surface area contributed by atoms with Crippen molar-refractivity contribution in [2.75, 3.05) is 13.2 Å². The zero-order chi connectivity index (χ0) is 12.8. The van der Waals surface area contributed by atoms with Gasteiger partial charge in [-0.2, -0.15) is 0 Å². The maximum atomic E-state index is 11.4. The molecule has 2 unspecified atom stereocenters. The standard InChI is InChI=1S/C11H20N2O4/c1-7(8-2-3-8)6-12-11(17)13-9(4-5-14)10(15)16/h7-9,14H,2-6H2,1H3,(H,15,16)(H2,12,13,17). The third-order valence-corrected chi connectivity index (χ3v) is 3.03. The number of carbonyl (C=O) groups excluding carboxylic acids is 1. The fraction of sp³-hybridized carbons (Fsp3) is 0.818. The van der Waals surface area contributed by atoms with Crippen LogP contribution in [0.2, 0.25) is 0 Å². The molecule has 1 aliphatic carbocycles. The zero-order valence-corrected chi connectivity index (χ0v) is 9.98. The predicted octanol–water partition coefficient (Wildman–Crippen LogP) is 0.167. The largest absolute Gasteiger partial charge is 0.480 e. The molecule has 4 N–H and O–H groups in total. The van der Waals surface area contributed by atoms with Gasteiger partial charge in [0.2, 0.25) is 0 Å². The van der Waals surface area contributed by atoms with Gasteiger partial charge in [-0.25, -0.2) is 9.59 Å². The summed E-state index contributed by atoms with van der Waals surface area (Å²) in [5, 5.41) is 22.4. The average Bonchev–Trinajstić information content (AvgIpc) is 3.08. The molecule has 6 heteroatoms. The number of aliphatic carboxylic acids is 1. The van der Waals surface area contributed by atoms with Gasteiger partial charge in [0.1, 0.15) is 6.04 Å². The molecule has 98 valence electrons. The van der Waals surface area contributed by atoms with E-state index in [0.717, 1.165) is 0 Å². The Labute approximate surface area is 100 Å². The molecule has 0 aromatic rings. The van der Waals surface area contributed by atoms with Crippen molar-refractivity contribution in [3.63, 3.8) is 0 Å². The van der Waals surface area contributed by atoms with Gasteiger partial charge >= 0.3 is 12.0 Å². The second-order valence-corrected chi connectivity index (χ2v) is 4.57. The van der Waals surface area contributed by atoms with Crippen LogP contribution >= 0.6 is 0 Å². The summed E-state index contributed by atoms with van der Waals surface area (Å²) in [5.74, 6) is -0.00526. The van der Waals surface area contributed by atoms with Crippen molar-refractivity contribution in [1.29, 1.82) is 0 Å². The van der Waals surface area contributed by atoms with Gasteiger partial charge < -0.3 is 20.8 Å². The van der Waals surface area contributed by atoms with Crippen molar-refractivity contribution in [2.24, 2.45) is 11.8 Å². The molecule has 0 aromatic heterocycles. The fourth-order valence-corrected chi connectivity index (χ4v) is 1.68. The fourth-order valence-electron chi connectivity index (χ4n) is 1.68. The SMILES string of the molecule is CC(CNC(=O)NC(CCO)C(=O)O)C1CC1. The molecule has 0 heterocycles. The lowest BCUT2D eigenvalue weighted by Crippen LogP contribution is -2.47. The number of nitrogens with one attached hydrogen (secondary N) is 2. The van der Waals surface area contributed by atoms with Crippen LogP contribution in [0.4, 0.5) is 4.79 Å². The first-order valence-corrected chi connectivity index (χ1v) is 5.92. The highest BCUT2D eigenvalue weighted by atomic mass is 16.4. The Kier molecular flexibility index (Phi) is 5.21. The van der Waals surface area contributed by atoms with Gasteiger partial charge in [0.25, 0.3) is 0 Å². The van der Waals surface area contributed by atoms with Crippen LogP contribution in [0.5, 0.6) is 0 Å². The monoisotopic (exact) mass is 244 g/mol. The van der Waals surface area contributed by atoms with E-state index in [1.165, 1.54) is 12.8 Å². The van der Waals surface area contributed by atoms with Crippen LogP contribution in [-0.4, -0.2) is 41.4 Å². The number of carboxylic acids is 1. The van der Waals surface area contributed by atoms with Crippen LogP contribution in [0.1, 0.15) is 26.2 Å². The topological polar surface area (TPSA) is 98.7 Å². The molecule has 0 bridgehead atoms. The summed E-state index contributed by atoms with van der Waals surface area (Å²) >= 11 is 0. The first-order valence-electron chi connectivity index (χ1n) is 5.92. The van der Waals surface area contributed by atoms with Crippen LogP contribution in [-0.2, 0) is 4.79 Å². The number of urea groups is 1. The van der Waals surface area contributed by atoms with Crippen LogP contribution in [0, 0.1) is 11.8 Å². The van der Waals surface area contributed by atoms with E-state index in [1.54, 1.807) is 0 Å². The first kappa shape index (κ1) is 13.8. The Morgan fingerprint density at radius 2 is 2.06 bits per heavy atom. The van der Waals surface area contributed by atoms with E-state index < -0.39 is 18.0 Å². The van der Waals surface area contributed by atoms with Crippen LogP contribution in [0.25, 0.3) is 0 Å². The minimum Gasteiger partial charge on any atom is -0.480 e. The molecule has 2 amide bonds. The number of hydrogen-bond acceptors (Lipinski definition) is 3. The normalized spacial score (nSPS) is 18.2. The van der Waals surface area contributed by atoms with E-state index in [4.69, 9.17) is 10.2 Å². The predicted molar refractivity (Wildman–Crippen MR) is 61.5 cm³/mol. The van der Waals surface area contributed by atoms with Gasteiger partial charge in [-0.05, 0) is 24.7 Å². The molecule has 1 aliphatic rings. The summed E-state index contributed by atoms with van der Waals surface area (Å²) in [4.78, 5) is 22.1. The van der Waals surface area contributed by atoms with E-state index in [2.05, 4.69) is 17.6 Å². The van der Waals surface area contributed by atoms with E-state index in [1.807, 2.05) is 0 Å². The summed E-state index contributed by atoms with van der Waals surface area (Å²) < 4.78 is 0. The highest BCUT2D eigenvalue weighted by Crippen LogP contribution is 2.35. The van der Waals surface area contributed by atoms with Gasteiger partial charge in [0, 0.05) is 19.6 Å². The molecule has 0 spiro atoms. The van der Waals surface area contributed by atoms with Gasteiger partial charge in [-0.15, -0.1) is 0 Å². The van der Waals surface area contributed by atoms with Crippen LogP contribution in [0.15, 0.2) is 0 Å². The smallest absolute Gasteiger partial charge is 0.326 e. The third kappa shape index (κ3) is 5.04. The minimum absolute atomic E-state index is 0.0148. The second kappa shape index (κ2) is 6.44. The molecule has 1 saturated carbocycles. The molecular weight excluding hydrogens is 224 g/mol. The number of amides is 2. The van der Waals surface area contributed by atoms with Crippen molar-refractivity contribution < 1.29 is 19.8 Å². The number of aliphatic hydroxyl groups is 1. The Morgan fingerprint density at radius 3 is 2.53 bits per heavy atom. The van der Waals surface area contributed by atoms with E-state index in [-0.39, 0.29) is 13.0 Å². The lowest BCUT2D eigenvalue weighted by Gasteiger charge is -2.16. The first-order chi connectivity index (χ1) is 8.04. The summed E-state index contributed by atoms with van der Waals surface area (Å²) in [6, 6.07) is -1.52. The Bertz CT molecular complexity index is 279. The van der Waals surface area contributed by atoms with E-state index >= 15 is 0 Å². The van der Waals surface area contributed by atoms with Crippen molar-refractivity contribution in [1.82, 2.24) is 10.6 Å². The molecule has 6 nitrogen and oxygen atoms in total. The van der Waals surface area contributed by atoms with Crippen molar-refractivity contribution >= 4 is 12.0 Å². The quantitative estimate of drug-likeness (QED) is 0.513. The highest BCUT2D eigenvalue weighted by Gasteiger charge is 2.28. The summed E-state index contributed by atoms with van der Waals surface area (Å²) in [7, 11) is 0. The van der Waals surface area contributed by atoms with Crippen LogP contribution < -0.4 is 10.6 Å². The van der Waals surface area contributed by atoms with Gasteiger partial charge in [0.15, 0.2) is 0 Å². The number of hydrogen-bond donors (Lipinski definition) is 4. The van der Waals surface area contributed by atoms with Crippen LogP contribution in [0.3, 0.4) is 0 Å². The number of carbonyl (C=O) groups is 2. The number of carboxylic acid groups (broad SMARTS) is 1. The molecule has 0 aromatic carbocycles. The van der Waals surface area contributed by atoms with Crippen molar-refractivity contribution in [3.05, 3.63) is 0 Å². The van der Waals surface area contributed by atoms with Gasteiger partial charge in [-0.1, -0.05) is 6.92 Å². The zero-order valence-electron chi connectivity index (χ0n) is 9.98. The molecule has 0 saturated heterocycles. The molecule has 17 heavy (non-hydrogen) atoms. The molecule has 0 radical (unpaired) electrons. The minimum atomic E-state index is -1.13. The second-order valence-electron chi connectivity index (χ2n) is 4.57. The Hall–Kier alpha value is -1.30. The molecule has 0 aliphatic heterocycles. The average molecular weight is 244 g/mol. The molecule has 1 rings (SSSR count). The van der Waals surface area contributed by atoms with E-state index in [9.17, 15) is 9.59 Å². The third-order valence-electron chi connectivity index (χ3n) is 3.03. The van der Waals surface area contributed by atoms with Crippen molar-refractivity contribution in [2.45, 2.75) is 32.2 Å². The number of aliphatic hydroxyl groups excluding tert-OH is 1. The molecule has 1 fully saturated rings. The Balaban J connectivity index is 2.23. The Morgan fingerprint density at radius 1 is 1.41 bits per heavy atom. The summed E-state index contributed by atoms with van der Waals surface area (Å²) in [6.45, 7) is 2.36. The maximum absolute atomic E-state index is 11.4. The summed E-state index contributed by atoms with van der Waals surface area (Å²) in [5.41, 5.74) is 0. The summed E-state index contributed by atoms with van der Waals surface area (Å²) in [6.07, 6.45) is 2.44. The van der Waals surface area contributed by atoms with E-state index in [0.29, 0.717) is 18.4 Å². The highest BCUT2D eigenvalue weighted by molar-refractivity contribution is 5.82. The lowest BCUT2D eigenvalue weighted by molar-refractivity contribution is -0.139. The lowest BCUT2D eigenvalue weighted by atomic mass is 10.1. The van der Waals surface area contributed by atoms with Crippen molar-refractivity contribution in [3.8, 4) is 0 Å². The molecule has 2 atom stereocenters. The van der Waals surface area contributed by atoms with Gasteiger partial charge in [0.05, 0.1) is 0 Å². The number of rotatable bonds is 7. The van der Waals surface area contributed by atoms with Gasteiger partial charge in [-0.3, -0.25) is 0 Å².